The summed E-state index contributed by atoms with van der Waals surface area (Å²) < 4.78 is 0. The number of hydrogen-bond donors (Lipinski definition) is 0. The molecule has 0 unspecified atom stereocenters. The van der Waals surface area contributed by atoms with Gasteiger partial charge in [0.2, 0.25) is 0 Å². The molecule has 104 valence electrons. The highest BCUT2D eigenvalue weighted by atomic mass is 16.1. The molecule has 0 aliphatic heterocycles. The summed E-state index contributed by atoms with van der Waals surface area (Å²) in [5.41, 5.74) is 0. The number of nitrogens with zero attached hydrogens (tertiary/aromatic N) is 2. The maximum absolute atomic E-state index is 11.5. The molecule has 0 aromatic carbocycles. The number of hydrogen-bond acceptors (Lipinski definition) is 3. The van der Waals surface area contributed by atoms with E-state index in [9.17, 15) is 4.79 Å². The Balaban J connectivity index is 3.22. The number of carbonyl (C=O) groups is 1. The molecule has 0 spiro atoms. The summed E-state index contributed by atoms with van der Waals surface area (Å²) in [7, 11) is 0. The Kier molecular flexibility index (Phi) is 11.8. The van der Waals surface area contributed by atoms with E-state index < -0.39 is 0 Å². The number of Topliss-reactive ketones (excluding diaryl/α,β-unsaturated/α-hetero) is 1. The van der Waals surface area contributed by atoms with E-state index in [1.807, 2.05) is 0 Å². The van der Waals surface area contributed by atoms with E-state index in [0.717, 1.165) is 45.1 Å². The van der Waals surface area contributed by atoms with Gasteiger partial charge in [-0.1, -0.05) is 39.7 Å². The van der Waals surface area contributed by atoms with Gasteiger partial charge in [0.05, 0.1) is 6.54 Å². The van der Waals surface area contributed by atoms with Crippen LogP contribution in [0.2, 0.25) is 0 Å². The van der Waals surface area contributed by atoms with Crippen molar-refractivity contribution in [2.45, 2.75) is 65.2 Å². The van der Waals surface area contributed by atoms with Gasteiger partial charge in [-0.3, -0.25) is 4.79 Å². The minimum atomic E-state index is 0.434. The lowest BCUT2D eigenvalue weighted by Crippen LogP contribution is -2.00. The monoisotopic (exact) mass is 252 g/mol. The number of ketones is 1. The summed E-state index contributed by atoms with van der Waals surface area (Å²) in [5, 5.41) is 7.64. The van der Waals surface area contributed by atoms with Crippen LogP contribution in [0.4, 0.5) is 0 Å². The van der Waals surface area contributed by atoms with Crippen molar-refractivity contribution in [3.8, 4) is 0 Å². The van der Waals surface area contributed by atoms with Gasteiger partial charge in [-0.15, -0.1) is 0 Å². The van der Waals surface area contributed by atoms with Crippen LogP contribution in [-0.2, 0) is 4.79 Å². The quantitative estimate of drug-likeness (QED) is 0.359. The Morgan fingerprint density at radius 3 is 2.44 bits per heavy atom. The molecule has 0 amide bonds. The van der Waals surface area contributed by atoms with Gasteiger partial charge >= 0.3 is 0 Å². The van der Waals surface area contributed by atoms with Crippen LogP contribution in [-0.4, -0.2) is 12.3 Å². The third-order valence-electron chi connectivity index (χ3n) is 2.88. The maximum Gasteiger partial charge on any atom is 0.132 e. The van der Waals surface area contributed by atoms with Crippen LogP contribution >= 0.6 is 0 Å². The van der Waals surface area contributed by atoms with Gasteiger partial charge in [0.15, 0.2) is 0 Å². The molecule has 0 aliphatic carbocycles. The van der Waals surface area contributed by atoms with E-state index in [4.69, 9.17) is 0 Å². The van der Waals surface area contributed by atoms with Crippen LogP contribution in [0.5, 0.6) is 0 Å². The zero-order chi connectivity index (χ0) is 13.6. The van der Waals surface area contributed by atoms with Crippen LogP contribution in [0.25, 0.3) is 0 Å². The fourth-order valence-electron chi connectivity index (χ4n) is 1.73. The molecule has 0 aromatic rings. The molecule has 0 radical (unpaired) electrons. The normalized spacial score (nSPS) is 11.3. The minimum Gasteiger partial charge on any atom is -0.300 e. The molecule has 0 saturated carbocycles. The van der Waals surface area contributed by atoms with E-state index in [-0.39, 0.29) is 0 Å². The van der Waals surface area contributed by atoms with Crippen LogP contribution in [0.3, 0.4) is 0 Å². The molecule has 3 heteroatoms. The zero-order valence-corrected chi connectivity index (χ0v) is 12.0. The van der Waals surface area contributed by atoms with Crippen molar-refractivity contribution in [1.29, 1.82) is 0 Å². The predicted octanol–water partition coefficient (Wildman–Crippen LogP) is 4.93. The third kappa shape index (κ3) is 13.1. The van der Waals surface area contributed by atoms with E-state index in [1.165, 1.54) is 19.0 Å². The van der Waals surface area contributed by atoms with E-state index in [0.29, 0.717) is 11.7 Å². The van der Waals surface area contributed by atoms with Crippen LogP contribution in [0.1, 0.15) is 65.2 Å². The van der Waals surface area contributed by atoms with Crippen LogP contribution in [0, 0.1) is 5.92 Å². The number of unbranched alkanes of at least 4 members (excludes halogenated alkanes) is 4. The summed E-state index contributed by atoms with van der Waals surface area (Å²) in [6.07, 6.45) is 9.69. The van der Waals surface area contributed by atoms with Crippen molar-refractivity contribution in [3.63, 3.8) is 0 Å². The minimum absolute atomic E-state index is 0.434. The van der Waals surface area contributed by atoms with E-state index in [1.54, 1.807) is 0 Å². The lowest BCUT2D eigenvalue weighted by molar-refractivity contribution is -0.119. The largest absolute Gasteiger partial charge is 0.300 e. The lowest BCUT2D eigenvalue weighted by atomic mass is 10.0. The fraction of sp³-hybridized carbons (Fsp3) is 0.800. The Morgan fingerprint density at radius 1 is 1.11 bits per heavy atom. The summed E-state index contributed by atoms with van der Waals surface area (Å²) in [5.74, 6) is 1.07. The van der Waals surface area contributed by atoms with Crippen LogP contribution < -0.4 is 0 Å². The van der Waals surface area contributed by atoms with Crippen molar-refractivity contribution < 1.29 is 4.79 Å². The standard InChI is InChI=1S/C15H28N2O/c1-4-16-17-13-9-7-5-6-8-10-15(18)12-11-14(2)3/h4,14H,1,5-13H2,2-3H3. The molecule has 18 heavy (non-hydrogen) atoms. The highest BCUT2D eigenvalue weighted by Gasteiger charge is 2.03. The van der Waals surface area contributed by atoms with E-state index in [2.05, 4.69) is 30.7 Å². The van der Waals surface area contributed by atoms with Crippen molar-refractivity contribution in [2.24, 2.45) is 16.1 Å². The molecule has 0 rings (SSSR count). The highest BCUT2D eigenvalue weighted by Crippen LogP contribution is 2.10. The number of azo groups is 1. The predicted molar refractivity (Wildman–Crippen MR) is 76.7 cm³/mol. The second-order valence-corrected chi connectivity index (χ2v) is 5.15. The summed E-state index contributed by atoms with van der Waals surface area (Å²) in [4.78, 5) is 11.5. The summed E-state index contributed by atoms with van der Waals surface area (Å²) in [6, 6.07) is 0. The van der Waals surface area contributed by atoms with E-state index >= 15 is 0 Å². The SMILES string of the molecule is C=CN=NCCCCCCCC(=O)CCC(C)C. The summed E-state index contributed by atoms with van der Waals surface area (Å²) >= 11 is 0. The maximum atomic E-state index is 11.5. The van der Waals surface area contributed by atoms with Gasteiger partial charge in [0.25, 0.3) is 0 Å². The van der Waals surface area contributed by atoms with Gasteiger partial charge in [-0.25, -0.2) is 0 Å². The molecule has 0 bridgehead atoms. The molecule has 0 aliphatic rings. The summed E-state index contributed by atoms with van der Waals surface area (Å²) in [6.45, 7) is 8.59. The second-order valence-electron chi connectivity index (χ2n) is 5.15. The highest BCUT2D eigenvalue weighted by molar-refractivity contribution is 5.78. The molecule has 0 saturated heterocycles. The Bertz CT molecular complexity index is 247. The third-order valence-corrected chi connectivity index (χ3v) is 2.88. The van der Waals surface area contributed by atoms with Gasteiger partial charge in [0.1, 0.15) is 5.78 Å². The Hall–Kier alpha value is -0.990. The zero-order valence-electron chi connectivity index (χ0n) is 12.0. The first-order valence-electron chi connectivity index (χ1n) is 7.16. The van der Waals surface area contributed by atoms with Crippen molar-refractivity contribution in [3.05, 3.63) is 12.8 Å². The molecule has 0 heterocycles. The smallest absolute Gasteiger partial charge is 0.132 e. The molecule has 0 aromatic heterocycles. The molecular formula is C15H28N2O. The van der Waals surface area contributed by atoms with Crippen molar-refractivity contribution >= 4 is 5.78 Å². The first-order chi connectivity index (χ1) is 8.66. The molecule has 0 atom stereocenters. The first-order valence-corrected chi connectivity index (χ1v) is 7.16. The van der Waals surface area contributed by atoms with Gasteiger partial charge in [-0.05, 0) is 25.2 Å². The topological polar surface area (TPSA) is 41.8 Å². The molecule has 0 fully saturated rings. The number of rotatable bonds is 12. The Morgan fingerprint density at radius 2 is 1.78 bits per heavy atom. The molecular weight excluding hydrogens is 224 g/mol. The second kappa shape index (κ2) is 12.5. The average Bonchev–Trinajstić information content (AvgIpc) is 2.34. The van der Waals surface area contributed by atoms with Crippen molar-refractivity contribution in [2.75, 3.05) is 6.54 Å². The Labute approximate surface area is 112 Å². The first kappa shape index (κ1) is 17.0. The number of carbonyl (C=O) groups excluding carboxylic acids is 1. The molecule has 3 nitrogen and oxygen atoms in total. The lowest BCUT2D eigenvalue weighted by Gasteiger charge is -2.03. The van der Waals surface area contributed by atoms with Gasteiger partial charge < -0.3 is 0 Å². The average molecular weight is 252 g/mol. The fourth-order valence-corrected chi connectivity index (χ4v) is 1.73. The van der Waals surface area contributed by atoms with Crippen LogP contribution in [0.15, 0.2) is 23.0 Å². The van der Waals surface area contributed by atoms with Gasteiger partial charge in [-0.2, -0.15) is 10.2 Å². The molecule has 0 N–H and O–H groups in total. The van der Waals surface area contributed by atoms with Gasteiger partial charge in [0, 0.05) is 19.0 Å². The van der Waals surface area contributed by atoms with Crippen molar-refractivity contribution in [1.82, 2.24) is 0 Å².